The van der Waals surface area contributed by atoms with Crippen LogP contribution in [-0.4, -0.2) is 34.1 Å². The molecule has 0 radical (unpaired) electrons. The smallest absolute Gasteiger partial charge is 0.240 e. The second-order valence-electron chi connectivity index (χ2n) is 7.29. The van der Waals surface area contributed by atoms with Crippen molar-refractivity contribution in [1.29, 1.82) is 0 Å². The van der Waals surface area contributed by atoms with E-state index < -0.39 is 10.0 Å². The van der Waals surface area contributed by atoms with Crippen molar-refractivity contribution >= 4 is 21.6 Å². The molecule has 0 aliphatic heterocycles. The fourth-order valence-corrected chi connectivity index (χ4v) is 4.40. The summed E-state index contributed by atoms with van der Waals surface area (Å²) in [6.45, 7) is 2.00. The quantitative estimate of drug-likeness (QED) is 0.532. The predicted octanol–water partition coefficient (Wildman–Crippen LogP) is 3.85. The first-order chi connectivity index (χ1) is 14.9. The van der Waals surface area contributed by atoms with Gasteiger partial charge in [-0.3, -0.25) is 4.79 Å². The largest absolute Gasteiger partial charge is 0.383 e. The second-order valence-corrected chi connectivity index (χ2v) is 9.00. The maximum atomic E-state index is 12.4. The summed E-state index contributed by atoms with van der Waals surface area (Å²) in [5.41, 5.74) is 3.65. The van der Waals surface area contributed by atoms with E-state index in [1.54, 1.807) is 19.1 Å². The number of hydrogen-bond donors (Lipinski definition) is 2. The van der Waals surface area contributed by atoms with E-state index in [-0.39, 0.29) is 29.9 Å². The standard InChI is InChI=1S/C24H26N2O4S/c1-18(17-30-2)26-31(28,29)23-14-12-22(13-15-23)25-24(27)16-19-8-10-21(11-9-19)20-6-4-3-5-7-20/h3-15,18,26H,16-17H2,1-2H3,(H,25,27)/t18-/m0/s1. The van der Waals surface area contributed by atoms with Crippen LogP contribution in [0.15, 0.2) is 83.8 Å². The van der Waals surface area contributed by atoms with Crippen molar-refractivity contribution < 1.29 is 17.9 Å². The van der Waals surface area contributed by atoms with Crippen molar-refractivity contribution in [1.82, 2.24) is 4.72 Å². The third-order valence-electron chi connectivity index (χ3n) is 4.65. The molecular formula is C24H26N2O4S. The van der Waals surface area contributed by atoms with Gasteiger partial charge in [-0.05, 0) is 47.9 Å². The molecule has 0 saturated carbocycles. The Hall–Kier alpha value is -3.00. The Morgan fingerprint density at radius 1 is 0.903 bits per heavy atom. The zero-order valence-electron chi connectivity index (χ0n) is 17.5. The third-order valence-corrected chi connectivity index (χ3v) is 6.25. The summed E-state index contributed by atoms with van der Waals surface area (Å²) >= 11 is 0. The molecule has 0 saturated heterocycles. The molecule has 7 heteroatoms. The molecule has 3 aromatic rings. The van der Waals surface area contributed by atoms with E-state index in [2.05, 4.69) is 10.0 Å². The molecule has 3 rings (SSSR count). The molecule has 3 aromatic carbocycles. The van der Waals surface area contributed by atoms with Crippen molar-refractivity contribution in [2.45, 2.75) is 24.3 Å². The number of benzene rings is 3. The normalized spacial score (nSPS) is 12.3. The molecule has 2 N–H and O–H groups in total. The van der Waals surface area contributed by atoms with Crippen LogP contribution in [-0.2, 0) is 26.0 Å². The van der Waals surface area contributed by atoms with Crippen LogP contribution < -0.4 is 10.0 Å². The number of carbonyl (C=O) groups is 1. The highest BCUT2D eigenvalue weighted by Crippen LogP contribution is 2.20. The highest BCUT2D eigenvalue weighted by molar-refractivity contribution is 7.89. The number of ether oxygens (including phenoxy) is 1. The van der Waals surface area contributed by atoms with Gasteiger partial charge in [0.05, 0.1) is 17.9 Å². The van der Waals surface area contributed by atoms with E-state index >= 15 is 0 Å². The Kier molecular flexibility index (Phi) is 7.57. The van der Waals surface area contributed by atoms with Gasteiger partial charge in [-0.25, -0.2) is 13.1 Å². The van der Waals surface area contributed by atoms with Crippen LogP contribution in [0, 0.1) is 0 Å². The molecule has 1 amide bonds. The minimum Gasteiger partial charge on any atom is -0.383 e. The SMILES string of the molecule is COC[C@H](C)NS(=O)(=O)c1ccc(NC(=O)Cc2ccc(-c3ccccc3)cc2)cc1. The van der Waals surface area contributed by atoms with Crippen LogP contribution in [0.4, 0.5) is 5.69 Å². The maximum absolute atomic E-state index is 12.4. The molecule has 0 unspecified atom stereocenters. The first-order valence-corrected chi connectivity index (χ1v) is 11.4. The van der Waals surface area contributed by atoms with Crippen molar-refractivity contribution in [3.8, 4) is 11.1 Å². The highest BCUT2D eigenvalue weighted by Gasteiger charge is 2.17. The zero-order valence-corrected chi connectivity index (χ0v) is 18.4. The van der Waals surface area contributed by atoms with Gasteiger partial charge >= 0.3 is 0 Å². The zero-order chi connectivity index (χ0) is 22.3. The summed E-state index contributed by atoms with van der Waals surface area (Å²) < 4.78 is 32.2. The molecule has 0 heterocycles. The summed E-state index contributed by atoms with van der Waals surface area (Å²) in [7, 11) is -2.13. The lowest BCUT2D eigenvalue weighted by molar-refractivity contribution is -0.115. The highest BCUT2D eigenvalue weighted by atomic mass is 32.2. The molecule has 0 aliphatic rings. The molecule has 0 fully saturated rings. The minimum atomic E-state index is -3.65. The Balaban J connectivity index is 1.58. The molecule has 0 aromatic heterocycles. The third kappa shape index (κ3) is 6.49. The fourth-order valence-electron chi connectivity index (χ4n) is 3.17. The molecule has 0 spiro atoms. The number of nitrogens with one attached hydrogen (secondary N) is 2. The summed E-state index contributed by atoms with van der Waals surface area (Å²) in [6.07, 6.45) is 0.227. The number of sulfonamides is 1. The first-order valence-electron chi connectivity index (χ1n) is 9.93. The topological polar surface area (TPSA) is 84.5 Å². The van der Waals surface area contributed by atoms with Gasteiger partial charge in [0, 0.05) is 18.8 Å². The van der Waals surface area contributed by atoms with E-state index in [1.165, 1.54) is 19.2 Å². The van der Waals surface area contributed by atoms with Crippen molar-refractivity contribution in [3.63, 3.8) is 0 Å². The summed E-state index contributed by atoms with van der Waals surface area (Å²) in [5.74, 6) is -0.171. The average molecular weight is 439 g/mol. The van der Waals surface area contributed by atoms with Gasteiger partial charge in [0.2, 0.25) is 15.9 Å². The van der Waals surface area contributed by atoms with E-state index in [0.717, 1.165) is 16.7 Å². The molecule has 6 nitrogen and oxygen atoms in total. The lowest BCUT2D eigenvalue weighted by atomic mass is 10.0. The van der Waals surface area contributed by atoms with Gasteiger partial charge in [0.1, 0.15) is 0 Å². The van der Waals surface area contributed by atoms with E-state index in [9.17, 15) is 13.2 Å². The average Bonchev–Trinajstić information content (AvgIpc) is 2.75. The molecular weight excluding hydrogens is 412 g/mol. The fraction of sp³-hybridized carbons (Fsp3) is 0.208. The minimum absolute atomic E-state index is 0.130. The summed E-state index contributed by atoms with van der Waals surface area (Å²) in [5, 5.41) is 2.80. The van der Waals surface area contributed by atoms with Crippen LogP contribution >= 0.6 is 0 Å². The van der Waals surface area contributed by atoms with Crippen LogP contribution in [0.2, 0.25) is 0 Å². The van der Waals surface area contributed by atoms with Gasteiger partial charge in [-0.15, -0.1) is 0 Å². The molecule has 0 bridgehead atoms. The first kappa shape index (κ1) is 22.7. The second kappa shape index (κ2) is 10.3. The van der Waals surface area contributed by atoms with Crippen LogP contribution in [0.5, 0.6) is 0 Å². The Bertz CT molecular complexity index is 1100. The van der Waals surface area contributed by atoms with Gasteiger partial charge in [0.15, 0.2) is 0 Å². The van der Waals surface area contributed by atoms with Crippen LogP contribution in [0.25, 0.3) is 11.1 Å². The Labute approximate surface area is 183 Å². The molecule has 31 heavy (non-hydrogen) atoms. The van der Waals surface area contributed by atoms with Gasteiger partial charge in [0.25, 0.3) is 0 Å². The van der Waals surface area contributed by atoms with Gasteiger partial charge in [-0.2, -0.15) is 0 Å². The number of amides is 1. The number of hydrogen-bond acceptors (Lipinski definition) is 4. The summed E-state index contributed by atoms with van der Waals surface area (Å²) in [6, 6.07) is 23.6. The van der Waals surface area contributed by atoms with E-state index in [4.69, 9.17) is 4.74 Å². The van der Waals surface area contributed by atoms with Crippen LogP contribution in [0.3, 0.4) is 0 Å². The van der Waals surface area contributed by atoms with Crippen molar-refractivity contribution in [2.24, 2.45) is 0 Å². The number of rotatable bonds is 9. The summed E-state index contributed by atoms with van der Waals surface area (Å²) in [4.78, 5) is 12.5. The molecule has 162 valence electrons. The van der Waals surface area contributed by atoms with Gasteiger partial charge < -0.3 is 10.1 Å². The van der Waals surface area contributed by atoms with Gasteiger partial charge in [-0.1, -0.05) is 54.6 Å². The molecule has 1 atom stereocenters. The van der Waals surface area contributed by atoms with Crippen molar-refractivity contribution in [3.05, 3.63) is 84.4 Å². The monoisotopic (exact) mass is 438 g/mol. The Morgan fingerprint density at radius 3 is 2.13 bits per heavy atom. The van der Waals surface area contributed by atoms with Crippen molar-refractivity contribution in [2.75, 3.05) is 19.0 Å². The van der Waals surface area contributed by atoms with E-state index in [1.807, 2.05) is 54.6 Å². The number of carbonyl (C=O) groups excluding carboxylic acids is 1. The molecule has 0 aliphatic carbocycles. The number of anilines is 1. The van der Waals surface area contributed by atoms with E-state index in [0.29, 0.717) is 5.69 Å². The maximum Gasteiger partial charge on any atom is 0.240 e. The number of methoxy groups -OCH3 is 1. The van der Waals surface area contributed by atoms with Crippen LogP contribution in [0.1, 0.15) is 12.5 Å². The lowest BCUT2D eigenvalue weighted by Gasteiger charge is -2.13. The lowest BCUT2D eigenvalue weighted by Crippen LogP contribution is -2.35. The predicted molar refractivity (Wildman–Crippen MR) is 122 cm³/mol. The Morgan fingerprint density at radius 2 is 1.52 bits per heavy atom.